The van der Waals surface area contributed by atoms with E-state index in [9.17, 15) is 0 Å². The molecule has 0 amide bonds. The summed E-state index contributed by atoms with van der Waals surface area (Å²) >= 11 is 0. The number of aromatic nitrogens is 2. The summed E-state index contributed by atoms with van der Waals surface area (Å²) in [6.07, 6.45) is 6.38. The van der Waals surface area contributed by atoms with E-state index in [2.05, 4.69) is 27.1 Å². The van der Waals surface area contributed by atoms with E-state index in [0.29, 0.717) is 12.6 Å². The molecule has 0 radical (unpaired) electrons. The Hall–Kier alpha value is -1.36. The third-order valence-corrected chi connectivity index (χ3v) is 3.40. The van der Waals surface area contributed by atoms with E-state index in [1.54, 1.807) is 6.33 Å². The molecular formula is C13H23N5. The van der Waals surface area contributed by atoms with Gasteiger partial charge in [-0.2, -0.15) is 0 Å². The van der Waals surface area contributed by atoms with Crippen molar-refractivity contribution in [2.45, 2.75) is 38.6 Å². The Labute approximate surface area is 109 Å². The largest absolute Gasteiger partial charge is 0.370 e. The van der Waals surface area contributed by atoms with Crippen LogP contribution in [0.4, 0.5) is 11.6 Å². The monoisotopic (exact) mass is 249 g/mol. The minimum Gasteiger partial charge on any atom is -0.370 e. The number of piperidine rings is 1. The summed E-state index contributed by atoms with van der Waals surface area (Å²) in [5, 5.41) is 3.30. The van der Waals surface area contributed by atoms with Crippen LogP contribution in [0.5, 0.6) is 0 Å². The molecule has 0 bridgehead atoms. The van der Waals surface area contributed by atoms with E-state index < -0.39 is 0 Å². The molecule has 5 heteroatoms. The van der Waals surface area contributed by atoms with E-state index in [1.165, 1.54) is 12.8 Å². The molecule has 2 rings (SSSR count). The van der Waals surface area contributed by atoms with Crippen LogP contribution in [0.2, 0.25) is 0 Å². The first-order valence-electron chi connectivity index (χ1n) is 6.87. The van der Waals surface area contributed by atoms with Gasteiger partial charge in [-0.25, -0.2) is 9.97 Å². The van der Waals surface area contributed by atoms with Crippen LogP contribution in [-0.2, 0) is 0 Å². The predicted molar refractivity (Wildman–Crippen MR) is 74.9 cm³/mol. The molecule has 1 aliphatic heterocycles. The summed E-state index contributed by atoms with van der Waals surface area (Å²) in [4.78, 5) is 11.0. The first-order valence-corrected chi connectivity index (χ1v) is 6.87. The highest BCUT2D eigenvalue weighted by atomic mass is 15.2. The van der Waals surface area contributed by atoms with Crippen LogP contribution in [0.1, 0.15) is 32.6 Å². The summed E-state index contributed by atoms with van der Waals surface area (Å²) in [6.45, 7) is 4.83. The van der Waals surface area contributed by atoms with Crippen molar-refractivity contribution in [2.75, 3.05) is 29.9 Å². The van der Waals surface area contributed by atoms with Gasteiger partial charge in [0.15, 0.2) is 0 Å². The quantitative estimate of drug-likeness (QED) is 0.830. The molecule has 5 nitrogen and oxygen atoms in total. The molecule has 2 heterocycles. The van der Waals surface area contributed by atoms with Gasteiger partial charge in [0.2, 0.25) is 0 Å². The second-order valence-electron chi connectivity index (χ2n) is 4.77. The highest BCUT2D eigenvalue weighted by Crippen LogP contribution is 2.23. The van der Waals surface area contributed by atoms with Crippen LogP contribution in [0.3, 0.4) is 0 Å². The first-order chi connectivity index (χ1) is 8.85. The van der Waals surface area contributed by atoms with Gasteiger partial charge >= 0.3 is 0 Å². The summed E-state index contributed by atoms with van der Waals surface area (Å²) in [7, 11) is 0. The molecule has 0 saturated carbocycles. The van der Waals surface area contributed by atoms with Crippen LogP contribution in [0, 0.1) is 0 Å². The lowest BCUT2D eigenvalue weighted by molar-refractivity contribution is 0.462. The molecule has 1 fully saturated rings. The van der Waals surface area contributed by atoms with Crippen LogP contribution in [0.15, 0.2) is 12.4 Å². The van der Waals surface area contributed by atoms with Crippen LogP contribution >= 0.6 is 0 Å². The average molecular weight is 249 g/mol. The number of hydrogen-bond acceptors (Lipinski definition) is 5. The van der Waals surface area contributed by atoms with E-state index in [1.807, 2.05) is 6.07 Å². The molecule has 1 unspecified atom stereocenters. The van der Waals surface area contributed by atoms with Crippen LogP contribution in [0.25, 0.3) is 0 Å². The fourth-order valence-corrected chi connectivity index (χ4v) is 2.40. The Bertz CT molecular complexity index is 368. The fourth-order valence-electron chi connectivity index (χ4n) is 2.40. The Balaban J connectivity index is 2.10. The highest BCUT2D eigenvalue weighted by molar-refractivity contribution is 5.49. The standard InChI is InChI=1S/C13H23N5/c1-2-6-15-12-8-13(17-10-16-12)18-7-4-3-5-11(18)9-14/h8,10-11H,2-7,9,14H2,1H3,(H,15,16,17). The number of nitrogens with one attached hydrogen (secondary N) is 1. The predicted octanol–water partition coefficient (Wildman–Crippen LogP) is 1.62. The molecule has 100 valence electrons. The molecule has 18 heavy (non-hydrogen) atoms. The normalized spacial score (nSPS) is 19.9. The van der Waals surface area contributed by atoms with E-state index in [-0.39, 0.29) is 0 Å². The molecule has 1 aliphatic rings. The molecule has 1 aromatic rings. The molecule has 0 aromatic carbocycles. The van der Waals surface area contributed by atoms with Gasteiger partial charge in [-0.3, -0.25) is 0 Å². The first kappa shape index (κ1) is 13.1. The Morgan fingerprint density at radius 2 is 2.33 bits per heavy atom. The Kier molecular flexibility index (Phi) is 4.75. The summed E-state index contributed by atoms with van der Waals surface area (Å²) in [5.41, 5.74) is 5.85. The van der Waals surface area contributed by atoms with Crippen molar-refractivity contribution in [3.63, 3.8) is 0 Å². The number of rotatable bonds is 5. The second kappa shape index (κ2) is 6.54. The van der Waals surface area contributed by atoms with Crippen LogP contribution < -0.4 is 16.0 Å². The van der Waals surface area contributed by atoms with Crippen molar-refractivity contribution in [3.8, 4) is 0 Å². The van der Waals surface area contributed by atoms with Gasteiger partial charge in [-0.05, 0) is 25.7 Å². The fraction of sp³-hybridized carbons (Fsp3) is 0.692. The van der Waals surface area contributed by atoms with Crippen molar-refractivity contribution in [1.82, 2.24) is 9.97 Å². The number of anilines is 2. The average Bonchev–Trinajstić information content (AvgIpc) is 2.45. The maximum atomic E-state index is 5.85. The van der Waals surface area contributed by atoms with E-state index in [0.717, 1.165) is 37.6 Å². The lowest BCUT2D eigenvalue weighted by atomic mass is 10.0. The molecule has 0 spiro atoms. The smallest absolute Gasteiger partial charge is 0.134 e. The van der Waals surface area contributed by atoms with Crippen molar-refractivity contribution >= 4 is 11.6 Å². The molecular weight excluding hydrogens is 226 g/mol. The third-order valence-electron chi connectivity index (χ3n) is 3.40. The van der Waals surface area contributed by atoms with Gasteiger partial charge in [-0.1, -0.05) is 6.92 Å². The van der Waals surface area contributed by atoms with E-state index in [4.69, 9.17) is 5.73 Å². The minimum atomic E-state index is 0.424. The summed E-state index contributed by atoms with van der Waals surface area (Å²) < 4.78 is 0. The SMILES string of the molecule is CCCNc1cc(N2CCCCC2CN)ncn1. The lowest BCUT2D eigenvalue weighted by Crippen LogP contribution is -2.44. The Morgan fingerprint density at radius 3 is 3.11 bits per heavy atom. The Morgan fingerprint density at radius 1 is 1.44 bits per heavy atom. The van der Waals surface area contributed by atoms with Crippen LogP contribution in [-0.4, -0.2) is 35.6 Å². The van der Waals surface area contributed by atoms with Gasteiger partial charge in [0.1, 0.15) is 18.0 Å². The molecule has 1 aromatic heterocycles. The van der Waals surface area contributed by atoms with Gasteiger partial charge in [-0.15, -0.1) is 0 Å². The van der Waals surface area contributed by atoms with Gasteiger partial charge in [0.25, 0.3) is 0 Å². The molecule has 0 aliphatic carbocycles. The lowest BCUT2D eigenvalue weighted by Gasteiger charge is -2.36. The zero-order valence-electron chi connectivity index (χ0n) is 11.1. The number of nitrogens with two attached hydrogens (primary N) is 1. The maximum absolute atomic E-state index is 5.85. The van der Waals surface area contributed by atoms with E-state index >= 15 is 0 Å². The topological polar surface area (TPSA) is 67.1 Å². The zero-order chi connectivity index (χ0) is 12.8. The zero-order valence-corrected chi connectivity index (χ0v) is 11.1. The number of nitrogens with zero attached hydrogens (tertiary/aromatic N) is 3. The maximum Gasteiger partial charge on any atom is 0.134 e. The highest BCUT2D eigenvalue weighted by Gasteiger charge is 2.22. The van der Waals surface area contributed by atoms with Crippen molar-refractivity contribution in [3.05, 3.63) is 12.4 Å². The molecule has 1 atom stereocenters. The van der Waals surface area contributed by atoms with Crippen molar-refractivity contribution < 1.29 is 0 Å². The van der Waals surface area contributed by atoms with Gasteiger partial charge in [0.05, 0.1) is 0 Å². The summed E-state index contributed by atoms with van der Waals surface area (Å²) in [5.74, 6) is 1.90. The minimum absolute atomic E-state index is 0.424. The second-order valence-corrected chi connectivity index (χ2v) is 4.77. The number of hydrogen-bond donors (Lipinski definition) is 2. The van der Waals surface area contributed by atoms with Gasteiger partial charge < -0.3 is 16.0 Å². The molecule has 1 saturated heterocycles. The summed E-state index contributed by atoms with van der Waals surface area (Å²) in [6, 6.07) is 2.46. The van der Waals surface area contributed by atoms with Crippen molar-refractivity contribution in [1.29, 1.82) is 0 Å². The van der Waals surface area contributed by atoms with Crippen molar-refractivity contribution in [2.24, 2.45) is 5.73 Å². The third kappa shape index (κ3) is 3.10. The molecule has 3 N–H and O–H groups in total. The van der Waals surface area contributed by atoms with Gasteiger partial charge in [0, 0.05) is 31.7 Å².